The molecule has 0 radical (unpaired) electrons. The van der Waals surface area contributed by atoms with Gasteiger partial charge in [0.25, 0.3) is 0 Å². The number of nitrogens with zero attached hydrogens (tertiary/aromatic N) is 5. The van der Waals surface area contributed by atoms with Gasteiger partial charge in [-0.3, -0.25) is 0 Å². The molecule has 0 spiro atoms. The van der Waals surface area contributed by atoms with Crippen LogP contribution in [-0.4, -0.2) is 39.6 Å². The fourth-order valence-electron chi connectivity index (χ4n) is 1.96. The molecule has 92 valence electrons. The largest absolute Gasteiger partial charge is 0.368 e. The molecule has 2 aromatic rings. The predicted molar refractivity (Wildman–Crippen MR) is 65.0 cm³/mol. The summed E-state index contributed by atoms with van der Waals surface area (Å²) in [5.41, 5.74) is 0.894. The minimum absolute atomic E-state index is 0.0504. The van der Waals surface area contributed by atoms with Gasteiger partial charge in [0.15, 0.2) is 0 Å². The smallest absolute Gasteiger partial charge is 0.225 e. The maximum Gasteiger partial charge on any atom is 0.225 e. The Labute approximate surface area is 105 Å². The third-order valence-corrected chi connectivity index (χ3v) is 2.84. The van der Waals surface area contributed by atoms with Crippen LogP contribution in [0, 0.1) is 0 Å². The molecule has 1 fully saturated rings. The molecule has 0 unspecified atom stereocenters. The number of ether oxygens (including phenoxy) is 1. The molecule has 0 saturated carbocycles. The molecule has 0 N–H and O–H groups in total. The Morgan fingerprint density at radius 1 is 1.17 bits per heavy atom. The van der Waals surface area contributed by atoms with Crippen LogP contribution in [0.3, 0.4) is 0 Å². The summed E-state index contributed by atoms with van der Waals surface area (Å²) in [6.45, 7) is 2.15. The summed E-state index contributed by atoms with van der Waals surface area (Å²) in [6.07, 6.45) is 6.71. The van der Waals surface area contributed by atoms with Crippen molar-refractivity contribution in [2.45, 2.75) is 6.10 Å². The third-order valence-electron chi connectivity index (χ3n) is 2.84. The molecule has 2 aromatic heterocycles. The Kier molecular flexibility index (Phi) is 3.10. The van der Waals surface area contributed by atoms with Gasteiger partial charge >= 0.3 is 0 Å². The second-order valence-corrected chi connectivity index (χ2v) is 3.99. The molecular weight excluding hydrogens is 230 g/mol. The summed E-state index contributed by atoms with van der Waals surface area (Å²) in [5.74, 6) is 0.736. The van der Waals surface area contributed by atoms with Crippen LogP contribution < -0.4 is 4.90 Å². The van der Waals surface area contributed by atoms with E-state index in [4.69, 9.17) is 4.74 Å². The molecule has 1 saturated heterocycles. The van der Waals surface area contributed by atoms with Crippen LogP contribution in [0.2, 0.25) is 0 Å². The number of anilines is 1. The molecule has 6 heteroatoms. The van der Waals surface area contributed by atoms with Gasteiger partial charge < -0.3 is 9.64 Å². The van der Waals surface area contributed by atoms with E-state index in [-0.39, 0.29) is 6.10 Å². The maximum absolute atomic E-state index is 5.73. The van der Waals surface area contributed by atoms with Crippen molar-refractivity contribution in [2.75, 3.05) is 24.6 Å². The molecule has 1 aliphatic rings. The van der Waals surface area contributed by atoms with Crippen LogP contribution in [0.5, 0.6) is 0 Å². The van der Waals surface area contributed by atoms with Gasteiger partial charge in [0.2, 0.25) is 5.95 Å². The highest BCUT2D eigenvalue weighted by molar-refractivity contribution is 5.30. The van der Waals surface area contributed by atoms with Crippen molar-refractivity contribution >= 4 is 5.95 Å². The van der Waals surface area contributed by atoms with E-state index in [0.717, 1.165) is 18.2 Å². The zero-order valence-corrected chi connectivity index (χ0v) is 9.81. The van der Waals surface area contributed by atoms with E-state index in [9.17, 15) is 0 Å². The minimum Gasteiger partial charge on any atom is -0.368 e. The first kappa shape index (κ1) is 11.0. The first-order valence-corrected chi connectivity index (χ1v) is 5.83. The van der Waals surface area contributed by atoms with Crippen LogP contribution in [0.1, 0.15) is 11.8 Å². The van der Waals surface area contributed by atoms with Gasteiger partial charge in [-0.2, -0.15) is 0 Å². The summed E-state index contributed by atoms with van der Waals surface area (Å²) >= 11 is 0. The first-order valence-electron chi connectivity index (χ1n) is 5.83. The minimum atomic E-state index is -0.0504. The monoisotopic (exact) mass is 243 g/mol. The van der Waals surface area contributed by atoms with Crippen LogP contribution >= 0.6 is 0 Å². The highest BCUT2D eigenvalue weighted by atomic mass is 16.5. The molecule has 0 aromatic carbocycles. The van der Waals surface area contributed by atoms with Gasteiger partial charge in [-0.1, -0.05) is 0 Å². The molecule has 0 amide bonds. The van der Waals surface area contributed by atoms with E-state index >= 15 is 0 Å². The fraction of sp³-hybridized carbons (Fsp3) is 0.333. The highest BCUT2D eigenvalue weighted by Gasteiger charge is 2.24. The van der Waals surface area contributed by atoms with Crippen molar-refractivity contribution in [3.8, 4) is 0 Å². The summed E-state index contributed by atoms with van der Waals surface area (Å²) in [4.78, 5) is 18.8. The number of rotatable bonds is 2. The van der Waals surface area contributed by atoms with Gasteiger partial charge in [0, 0.05) is 25.1 Å². The topological polar surface area (TPSA) is 64.0 Å². The van der Waals surface area contributed by atoms with Gasteiger partial charge in [-0.15, -0.1) is 0 Å². The molecular formula is C12H13N5O. The SMILES string of the molecule is c1cnc(N2CCO[C@@H](c3ccncn3)C2)nc1. The van der Waals surface area contributed by atoms with Crippen molar-refractivity contribution in [1.29, 1.82) is 0 Å². The highest BCUT2D eigenvalue weighted by Crippen LogP contribution is 2.21. The molecule has 6 nitrogen and oxygen atoms in total. The second kappa shape index (κ2) is 5.05. The van der Waals surface area contributed by atoms with Crippen molar-refractivity contribution in [3.05, 3.63) is 42.7 Å². The summed E-state index contributed by atoms with van der Waals surface area (Å²) < 4.78 is 5.73. The summed E-state index contributed by atoms with van der Waals surface area (Å²) in [7, 11) is 0. The predicted octanol–water partition coefficient (Wildman–Crippen LogP) is 0.844. The normalized spacial score (nSPS) is 19.8. The lowest BCUT2D eigenvalue weighted by atomic mass is 10.2. The lowest BCUT2D eigenvalue weighted by Crippen LogP contribution is -2.39. The quantitative estimate of drug-likeness (QED) is 0.779. The van der Waals surface area contributed by atoms with Gasteiger partial charge in [-0.25, -0.2) is 19.9 Å². The van der Waals surface area contributed by atoms with E-state index in [1.165, 1.54) is 6.33 Å². The molecule has 1 aliphatic heterocycles. The van der Waals surface area contributed by atoms with Crippen LogP contribution in [0.25, 0.3) is 0 Å². The molecule has 0 aliphatic carbocycles. The van der Waals surface area contributed by atoms with Crippen LogP contribution in [-0.2, 0) is 4.74 Å². The number of aromatic nitrogens is 4. The Hall–Kier alpha value is -2.08. The van der Waals surface area contributed by atoms with Gasteiger partial charge in [0.1, 0.15) is 12.4 Å². The van der Waals surface area contributed by atoms with Crippen molar-refractivity contribution in [2.24, 2.45) is 0 Å². The molecule has 1 atom stereocenters. The molecule has 3 rings (SSSR count). The molecule has 0 bridgehead atoms. The van der Waals surface area contributed by atoms with Crippen molar-refractivity contribution < 1.29 is 4.74 Å². The lowest BCUT2D eigenvalue weighted by Gasteiger charge is -2.32. The van der Waals surface area contributed by atoms with Crippen molar-refractivity contribution in [3.63, 3.8) is 0 Å². The Balaban J connectivity index is 1.77. The van der Waals surface area contributed by atoms with E-state index in [2.05, 4.69) is 24.8 Å². The van der Waals surface area contributed by atoms with Crippen LogP contribution in [0.15, 0.2) is 37.1 Å². The fourth-order valence-corrected chi connectivity index (χ4v) is 1.96. The van der Waals surface area contributed by atoms with E-state index in [1.54, 1.807) is 18.6 Å². The van der Waals surface area contributed by atoms with E-state index in [1.807, 2.05) is 12.1 Å². The van der Waals surface area contributed by atoms with Gasteiger partial charge in [0.05, 0.1) is 18.8 Å². The number of hydrogen-bond donors (Lipinski definition) is 0. The first-order chi connectivity index (χ1) is 8.93. The Morgan fingerprint density at radius 2 is 2.06 bits per heavy atom. The second-order valence-electron chi connectivity index (χ2n) is 3.99. The Bertz CT molecular complexity index is 447. The standard InChI is InChI=1S/C12H13N5O/c1-3-14-12(15-4-1)17-6-7-18-11(8-17)10-2-5-13-9-16-10/h1-5,9,11H,6-8H2/t11-/m1/s1. The van der Waals surface area contributed by atoms with E-state index < -0.39 is 0 Å². The van der Waals surface area contributed by atoms with Gasteiger partial charge in [-0.05, 0) is 12.1 Å². The van der Waals surface area contributed by atoms with Crippen molar-refractivity contribution in [1.82, 2.24) is 19.9 Å². The van der Waals surface area contributed by atoms with Crippen LogP contribution in [0.4, 0.5) is 5.95 Å². The zero-order valence-electron chi connectivity index (χ0n) is 9.81. The number of morpholine rings is 1. The van der Waals surface area contributed by atoms with E-state index in [0.29, 0.717) is 13.2 Å². The Morgan fingerprint density at radius 3 is 2.83 bits per heavy atom. The zero-order chi connectivity index (χ0) is 12.2. The summed E-state index contributed by atoms with van der Waals surface area (Å²) in [5, 5.41) is 0. The third kappa shape index (κ3) is 2.28. The number of hydrogen-bond acceptors (Lipinski definition) is 6. The molecule has 3 heterocycles. The average Bonchev–Trinajstić information content (AvgIpc) is 2.49. The lowest BCUT2D eigenvalue weighted by molar-refractivity contribution is 0.0364. The average molecular weight is 243 g/mol. The summed E-state index contributed by atoms with van der Waals surface area (Å²) in [6, 6.07) is 3.69. The maximum atomic E-state index is 5.73. The molecule has 18 heavy (non-hydrogen) atoms.